The minimum absolute atomic E-state index is 0.190. The molecular weight excluding hydrogens is 318 g/mol. The molecule has 0 aliphatic carbocycles. The Morgan fingerprint density at radius 1 is 1.33 bits per heavy atom. The van der Waals surface area contributed by atoms with Gasteiger partial charge in [0.15, 0.2) is 0 Å². The van der Waals surface area contributed by atoms with Gasteiger partial charge >= 0.3 is 0 Å². The first-order valence-electron chi connectivity index (χ1n) is 8.42. The number of thiophene rings is 1. The number of carbonyl (C=O) groups is 1. The van der Waals surface area contributed by atoms with Crippen LogP contribution in [0.4, 0.5) is 0 Å². The van der Waals surface area contributed by atoms with Gasteiger partial charge in [-0.25, -0.2) is 4.98 Å². The number of fused-ring (bicyclic) bond motifs is 1. The monoisotopic (exact) mass is 339 g/mol. The number of rotatable bonds is 2. The number of pyridine rings is 1. The molecule has 5 heteroatoms. The lowest BCUT2D eigenvalue weighted by Crippen LogP contribution is -2.37. The van der Waals surface area contributed by atoms with E-state index in [9.17, 15) is 4.79 Å². The Morgan fingerprint density at radius 3 is 2.83 bits per heavy atom. The number of nitrogens with one attached hydrogen (secondary N) is 1. The highest BCUT2D eigenvalue weighted by molar-refractivity contribution is 7.14. The molecule has 0 saturated carbocycles. The maximum atomic E-state index is 12.7. The van der Waals surface area contributed by atoms with Gasteiger partial charge in [-0.05, 0) is 61.9 Å². The van der Waals surface area contributed by atoms with Crippen LogP contribution in [0.1, 0.15) is 44.4 Å². The van der Waals surface area contributed by atoms with Crippen molar-refractivity contribution in [2.45, 2.75) is 32.6 Å². The molecule has 24 heavy (non-hydrogen) atoms. The Morgan fingerprint density at radius 2 is 2.12 bits per heavy atom. The Hall–Kier alpha value is -2.14. The van der Waals surface area contributed by atoms with Crippen molar-refractivity contribution in [1.82, 2.24) is 14.9 Å². The third kappa shape index (κ3) is 2.63. The second kappa shape index (κ2) is 6.06. The summed E-state index contributed by atoms with van der Waals surface area (Å²) in [7, 11) is 0. The number of hydrogen-bond donors (Lipinski definition) is 1. The van der Waals surface area contributed by atoms with E-state index in [1.165, 1.54) is 21.4 Å². The van der Waals surface area contributed by atoms with Gasteiger partial charge in [0.05, 0.1) is 4.88 Å². The molecule has 4 nitrogen and oxygen atoms in total. The van der Waals surface area contributed by atoms with Crippen molar-refractivity contribution in [3.05, 3.63) is 51.5 Å². The summed E-state index contributed by atoms with van der Waals surface area (Å²) >= 11 is 1.61. The van der Waals surface area contributed by atoms with E-state index in [1.807, 2.05) is 23.2 Å². The van der Waals surface area contributed by atoms with E-state index in [2.05, 4.69) is 36.1 Å². The standard InChI is InChI=1S/C19H21N3OS/c1-12-10-17(24-13(12)2)19(23)22-8-5-14(6-9-22)16-11-21-18-15(16)4-3-7-20-18/h3-4,7,10-11,14H,5-6,8-9H2,1-2H3,(H,20,21). The molecule has 1 N–H and O–H groups in total. The molecule has 1 aliphatic rings. The van der Waals surface area contributed by atoms with Gasteiger partial charge in [0.2, 0.25) is 0 Å². The van der Waals surface area contributed by atoms with Crippen molar-refractivity contribution in [2.75, 3.05) is 13.1 Å². The van der Waals surface area contributed by atoms with E-state index in [0.717, 1.165) is 36.5 Å². The lowest BCUT2D eigenvalue weighted by molar-refractivity contribution is 0.0718. The first-order valence-corrected chi connectivity index (χ1v) is 9.23. The maximum absolute atomic E-state index is 12.7. The minimum atomic E-state index is 0.190. The van der Waals surface area contributed by atoms with Crippen molar-refractivity contribution >= 4 is 28.3 Å². The Labute approximate surface area is 145 Å². The summed E-state index contributed by atoms with van der Waals surface area (Å²) < 4.78 is 0. The third-order valence-corrected chi connectivity index (χ3v) is 6.22. The average molecular weight is 339 g/mol. The van der Waals surface area contributed by atoms with Gasteiger partial charge < -0.3 is 9.88 Å². The highest BCUT2D eigenvalue weighted by Crippen LogP contribution is 2.33. The van der Waals surface area contributed by atoms with Crippen LogP contribution in [0.15, 0.2) is 30.6 Å². The lowest BCUT2D eigenvalue weighted by atomic mass is 9.89. The summed E-state index contributed by atoms with van der Waals surface area (Å²) in [5.41, 5.74) is 3.51. The predicted molar refractivity (Wildman–Crippen MR) is 97.8 cm³/mol. The van der Waals surface area contributed by atoms with Gasteiger partial charge in [-0.15, -0.1) is 11.3 Å². The summed E-state index contributed by atoms with van der Waals surface area (Å²) in [6, 6.07) is 6.14. The number of aromatic nitrogens is 2. The molecule has 0 unspecified atom stereocenters. The van der Waals surface area contributed by atoms with Crippen LogP contribution in [0, 0.1) is 13.8 Å². The summed E-state index contributed by atoms with van der Waals surface area (Å²) in [6.45, 7) is 5.80. The molecule has 4 rings (SSSR count). The number of likely N-dealkylation sites (tertiary alicyclic amines) is 1. The van der Waals surface area contributed by atoms with Crippen molar-refractivity contribution in [1.29, 1.82) is 0 Å². The number of amides is 1. The quantitative estimate of drug-likeness (QED) is 0.758. The first-order chi connectivity index (χ1) is 11.6. The highest BCUT2D eigenvalue weighted by Gasteiger charge is 2.27. The Kier molecular flexibility index (Phi) is 3.88. The fourth-order valence-corrected chi connectivity index (χ4v) is 4.54. The molecule has 4 heterocycles. The molecule has 1 amide bonds. The van der Waals surface area contributed by atoms with E-state index in [-0.39, 0.29) is 5.91 Å². The Bertz CT molecular complexity index is 868. The van der Waals surface area contributed by atoms with E-state index in [4.69, 9.17) is 0 Å². The summed E-state index contributed by atoms with van der Waals surface area (Å²) in [5, 5.41) is 1.21. The number of H-pyrrole nitrogens is 1. The number of piperidine rings is 1. The zero-order chi connectivity index (χ0) is 16.7. The normalized spacial score (nSPS) is 16.0. The third-order valence-electron chi connectivity index (χ3n) is 5.08. The molecule has 1 fully saturated rings. The topological polar surface area (TPSA) is 49.0 Å². The van der Waals surface area contributed by atoms with E-state index in [1.54, 1.807) is 11.3 Å². The molecule has 1 aliphatic heterocycles. The fraction of sp³-hybridized carbons (Fsp3) is 0.368. The molecule has 0 bridgehead atoms. The minimum Gasteiger partial charge on any atom is -0.346 e. The summed E-state index contributed by atoms with van der Waals surface area (Å²) in [4.78, 5) is 24.4. The van der Waals surface area contributed by atoms with E-state index >= 15 is 0 Å². The maximum Gasteiger partial charge on any atom is 0.263 e. The van der Waals surface area contributed by atoms with Crippen LogP contribution in [0.25, 0.3) is 11.0 Å². The lowest BCUT2D eigenvalue weighted by Gasteiger charge is -2.31. The molecule has 3 aromatic heterocycles. The summed E-state index contributed by atoms with van der Waals surface area (Å²) in [6.07, 6.45) is 5.93. The van der Waals surface area contributed by atoms with Crippen LogP contribution < -0.4 is 0 Å². The number of aromatic amines is 1. The van der Waals surface area contributed by atoms with E-state index < -0.39 is 0 Å². The largest absolute Gasteiger partial charge is 0.346 e. The van der Waals surface area contributed by atoms with Crippen molar-refractivity contribution in [2.24, 2.45) is 0 Å². The molecule has 3 aromatic rings. The number of carbonyl (C=O) groups excluding carboxylic acids is 1. The second-order valence-corrected chi connectivity index (χ2v) is 7.82. The highest BCUT2D eigenvalue weighted by atomic mass is 32.1. The average Bonchev–Trinajstić information content (AvgIpc) is 3.18. The van der Waals surface area contributed by atoms with Crippen molar-refractivity contribution < 1.29 is 4.79 Å². The van der Waals surface area contributed by atoms with Crippen LogP contribution in [0.3, 0.4) is 0 Å². The van der Waals surface area contributed by atoms with Gasteiger partial charge in [0, 0.05) is 35.7 Å². The molecular formula is C19H21N3OS. The molecule has 0 aromatic carbocycles. The molecule has 124 valence electrons. The van der Waals surface area contributed by atoms with Gasteiger partial charge in [0.1, 0.15) is 5.65 Å². The number of hydrogen-bond acceptors (Lipinski definition) is 3. The Balaban J connectivity index is 1.47. The molecule has 1 saturated heterocycles. The molecule has 0 spiro atoms. The van der Waals surface area contributed by atoms with Gasteiger partial charge in [-0.2, -0.15) is 0 Å². The number of aryl methyl sites for hydroxylation is 2. The SMILES string of the molecule is Cc1cc(C(=O)N2CCC(c3c[nH]c4ncccc34)CC2)sc1C. The van der Waals surface area contributed by atoms with Gasteiger partial charge in [-0.1, -0.05) is 0 Å². The molecule has 0 atom stereocenters. The van der Waals surface area contributed by atoms with Crippen LogP contribution in [-0.4, -0.2) is 33.9 Å². The predicted octanol–water partition coefficient (Wildman–Crippen LogP) is 4.26. The van der Waals surface area contributed by atoms with E-state index in [0.29, 0.717) is 5.92 Å². The van der Waals surface area contributed by atoms with Crippen molar-refractivity contribution in [3.8, 4) is 0 Å². The van der Waals surface area contributed by atoms with Gasteiger partial charge in [0.25, 0.3) is 5.91 Å². The zero-order valence-corrected chi connectivity index (χ0v) is 14.8. The van der Waals surface area contributed by atoms with Crippen LogP contribution in [0.5, 0.6) is 0 Å². The van der Waals surface area contributed by atoms with Crippen LogP contribution in [-0.2, 0) is 0 Å². The number of nitrogens with zero attached hydrogens (tertiary/aromatic N) is 2. The second-order valence-electron chi connectivity index (χ2n) is 6.56. The fourth-order valence-electron chi connectivity index (χ4n) is 3.54. The van der Waals surface area contributed by atoms with Crippen LogP contribution in [0.2, 0.25) is 0 Å². The molecule has 0 radical (unpaired) electrons. The zero-order valence-electron chi connectivity index (χ0n) is 14.0. The van der Waals surface area contributed by atoms with Crippen molar-refractivity contribution in [3.63, 3.8) is 0 Å². The summed E-state index contributed by atoms with van der Waals surface area (Å²) in [5.74, 6) is 0.689. The smallest absolute Gasteiger partial charge is 0.263 e. The first kappa shape index (κ1) is 15.4. The van der Waals surface area contributed by atoms with Gasteiger partial charge in [-0.3, -0.25) is 4.79 Å². The van der Waals surface area contributed by atoms with Crippen LogP contribution >= 0.6 is 11.3 Å².